The first kappa shape index (κ1) is 13.1. The van der Waals surface area contributed by atoms with Crippen LogP contribution in [-0.4, -0.2) is 42.8 Å². The van der Waals surface area contributed by atoms with Crippen LogP contribution in [0.4, 0.5) is 5.69 Å². The second kappa shape index (κ2) is 5.10. The standard InChI is InChI=1S/C12H16BNO4/c1-8-5-10(6-9(2)12(8)13(16)17)14-3-4-18-7-11(14)15/h5-6,16-17H,3-4,7H2,1-2H3. The van der Waals surface area contributed by atoms with E-state index in [4.69, 9.17) is 4.74 Å². The van der Waals surface area contributed by atoms with E-state index in [1.165, 1.54) is 0 Å². The Kier molecular flexibility index (Phi) is 3.70. The Balaban J connectivity index is 2.38. The van der Waals surface area contributed by atoms with Crippen molar-refractivity contribution < 1.29 is 19.6 Å². The monoisotopic (exact) mass is 249 g/mol. The van der Waals surface area contributed by atoms with Crippen LogP contribution in [0.25, 0.3) is 0 Å². The van der Waals surface area contributed by atoms with E-state index in [2.05, 4.69) is 0 Å². The minimum Gasteiger partial charge on any atom is -0.423 e. The minimum absolute atomic E-state index is 0.0719. The summed E-state index contributed by atoms with van der Waals surface area (Å²) in [6.07, 6.45) is 0. The first-order valence-corrected chi connectivity index (χ1v) is 5.86. The molecule has 0 atom stereocenters. The van der Waals surface area contributed by atoms with Crippen LogP contribution >= 0.6 is 0 Å². The van der Waals surface area contributed by atoms with Crippen LogP contribution in [0.1, 0.15) is 11.1 Å². The summed E-state index contributed by atoms with van der Waals surface area (Å²) in [6, 6.07) is 3.59. The van der Waals surface area contributed by atoms with Gasteiger partial charge in [-0.05, 0) is 42.6 Å². The van der Waals surface area contributed by atoms with E-state index < -0.39 is 7.12 Å². The molecule has 2 N–H and O–H groups in total. The van der Waals surface area contributed by atoms with Crippen LogP contribution in [0.5, 0.6) is 0 Å². The van der Waals surface area contributed by atoms with Gasteiger partial charge in [0.2, 0.25) is 0 Å². The molecule has 0 unspecified atom stereocenters. The molecule has 2 rings (SSSR count). The summed E-state index contributed by atoms with van der Waals surface area (Å²) in [5.74, 6) is -0.0719. The predicted molar refractivity (Wildman–Crippen MR) is 68.9 cm³/mol. The molecule has 0 aromatic heterocycles. The van der Waals surface area contributed by atoms with Crippen molar-refractivity contribution in [2.45, 2.75) is 13.8 Å². The molecule has 5 nitrogen and oxygen atoms in total. The molecular weight excluding hydrogens is 233 g/mol. The molecule has 1 aliphatic heterocycles. The Hall–Kier alpha value is -1.37. The maximum atomic E-state index is 11.7. The molecule has 1 aromatic rings. The van der Waals surface area contributed by atoms with Gasteiger partial charge in [0.25, 0.3) is 5.91 Å². The number of carbonyl (C=O) groups is 1. The number of morpholine rings is 1. The van der Waals surface area contributed by atoms with Crippen molar-refractivity contribution in [1.82, 2.24) is 0 Å². The molecule has 1 saturated heterocycles. The third kappa shape index (κ3) is 2.41. The summed E-state index contributed by atoms with van der Waals surface area (Å²) in [5, 5.41) is 18.6. The zero-order valence-corrected chi connectivity index (χ0v) is 10.5. The fourth-order valence-electron chi connectivity index (χ4n) is 2.31. The van der Waals surface area contributed by atoms with E-state index in [1.807, 2.05) is 0 Å². The lowest BCUT2D eigenvalue weighted by Crippen LogP contribution is -2.42. The number of nitrogens with zero attached hydrogens (tertiary/aromatic N) is 1. The number of rotatable bonds is 2. The molecule has 1 aliphatic rings. The highest BCUT2D eigenvalue weighted by Crippen LogP contribution is 2.19. The van der Waals surface area contributed by atoms with Gasteiger partial charge in [-0.2, -0.15) is 0 Å². The molecule has 0 bridgehead atoms. The Morgan fingerprint density at radius 1 is 1.28 bits per heavy atom. The van der Waals surface area contributed by atoms with Crippen LogP contribution < -0.4 is 10.4 Å². The maximum Gasteiger partial charge on any atom is 0.488 e. The van der Waals surface area contributed by atoms with Gasteiger partial charge in [-0.3, -0.25) is 4.79 Å². The molecule has 18 heavy (non-hydrogen) atoms. The molecule has 6 heteroatoms. The Morgan fingerprint density at radius 2 is 1.89 bits per heavy atom. The van der Waals surface area contributed by atoms with Crippen molar-refractivity contribution in [2.75, 3.05) is 24.7 Å². The quantitative estimate of drug-likeness (QED) is 0.683. The highest BCUT2D eigenvalue weighted by atomic mass is 16.5. The summed E-state index contributed by atoms with van der Waals surface area (Å²) in [7, 11) is -1.49. The first-order chi connectivity index (χ1) is 8.50. The van der Waals surface area contributed by atoms with Gasteiger partial charge in [0.15, 0.2) is 0 Å². The number of hydrogen-bond donors (Lipinski definition) is 2. The van der Waals surface area contributed by atoms with Crippen molar-refractivity contribution in [3.8, 4) is 0 Å². The lowest BCUT2D eigenvalue weighted by molar-refractivity contribution is -0.125. The number of hydrogen-bond acceptors (Lipinski definition) is 4. The second-order valence-electron chi connectivity index (χ2n) is 4.46. The Morgan fingerprint density at radius 3 is 2.39 bits per heavy atom. The first-order valence-electron chi connectivity index (χ1n) is 5.86. The number of amides is 1. The summed E-state index contributed by atoms with van der Waals surface area (Å²) in [6.45, 7) is 4.75. The Labute approximate surface area is 106 Å². The summed E-state index contributed by atoms with van der Waals surface area (Å²) in [5.41, 5.74) is 2.81. The SMILES string of the molecule is Cc1cc(N2CCOCC2=O)cc(C)c1B(O)O. The van der Waals surface area contributed by atoms with Crippen LogP contribution in [0.15, 0.2) is 12.1 Å². The van der Waals surface area contributed by atoms with Crippen LogP contribution in [0, 0.1) is 13.8 Å². The fraction of sp³-hybridized carbons (Fsp3) is 0.417. The average molecular weight is 249 g/mol. The normalized spacial score (nSPS) is 16.0. The van der Waals surface area contributed by atoms with Crippen molar-refractivity contribution in [3.63, 3.8) is 0 Å². The van der Waals surface area contributed by atoms with E-state index >= 15 is 0 Å². The van der Waals surface area contributed by atoms with E-state index in [0.717, 1.165) is 16.8 Å². The molecule has 96 valence electrons. The van der Waals surface area contributed by atoms with Gasteiger partial charge in [0, 0.05) is 12.2 Å². The van der Waals surface area contributed by atoms with Gasteiger partial charge in [0.1, 0.15) is 6.61 Å². The van der Waals surface area contributed by atoms with Crippen molar-refractivity contribution in [2.24, 2.45) is 0 Å². The smallest absolute Gasteiger partial charge is 0.423 e. The average Bonchev–Trinajstić information content (AvgIpc) is 2.27. The fourth-order valence-corrected chi connectivity index (χ4v) is 2.31. The van der Waals surface area contributed by atoms with Gasteiger partial charge >= 0.3 is 7.12 Å². The molecule has 0 radical (unpaired) electrons. The lowest BCUT2D eigenvalue weighted by atomic mass is 9.74. The predicted octanol–water partition coefficient (Wildman–Crippen LogP) is -0.654. The highest BCUT2D eigenvalue weighted by molar-refractivity contribution is 6.59. The number of anilines is 1. The molecule has 0 spiro atoms. The van der Waals surface area contributed by atoms with Crippen molar-refractivity contribution >= 4 is 24.2 Å². The molecule has 1 heterocycles. The number of aryl methyl sites for hydroxylation is 2. The maximum absolute atomic E-state index is 11.7. The minimum atomic E-state index is -1.49. The van der Waals surface area contributed by atoms with Gasteiger partial charge < -0.3 is 19.7 Å². The van der Waals surface area contributed by atoms with E-state index in [9.17, 15) is 14.8 Å². The third-order valence-electron chi connectivity index (χ3n) is 3.13. The van der Waals surface area contributed by atoms with Crippen molar-refractivity contribution in [1.29, 1.82) is 0 Å². The summed E-state index contributed by atoms with van der Waals surface area (Å²) in [4.78, 5) is 13.4. The topological polar surface area (TPSA) is 70.0 Å². The van der Waals surface area contributed by atoms with Crippen LogP contribution in [-0.2, 0) is 9.53 Å². The van der Waals surface area contributed by atoms with Crippen LogP contribution in [0.3, 0.4) is 0 Å². The molecule has 1 amide bonds. The van der Waals surface area contributed by atoms with E-state index in [0.29, 0.717) is 18.6 Å². The zero-order valence-electron chi connectivity index (χ0n) is 10.5. The molecule has 1 aromatic carbocycles. The number of benzene rings is 1. The Bertz CT molecular complexity index is 452. The summed E-state index contributed by atoms with van der Waals surface area (Å²) >= 11 is 0. The van der Waals surface area contributed by atoms with E-state index in [1.54, 1.807) is 30.9 Å². The van der Waals surface area contributed by atoms with E-state index in [-0.39, 0.29) is 12.5 Å². The molecule has 1 fully saturated rings. The summed E-state index contributed by atoms with van der Waals surface area (Å²) < 4.78 is 5.08. The largest absolute Gasteiger partial charge is 0.488 e. The van der Waals surface area contributed by atoms with Gasteiger partial charge in [-0.1, -0.05) is 0 Å². The lowest BCUT2D eigenvalue weighted by Gasteiger charge is -2.28. The second-order valence-corrected chi connectivity index (χ2v) is 4.46. The van der Waals surface area contributed by atoms with Gasteiger partial charge in [-0.15, -0.1) is 0 Å². The van der Waals surface area contributed by atoms with Gasteiger partial charge in [0.05, 0.1) is 6.61 Å². The number of ether oxygens (including phenoxy) is 1. The van der Waals surface area contributed by atoms with Crippen molar-refractivity contribution in [3.05, 3.63) is 23.3 Å². The molecule has 0 saturated carbocycles. The van der Waals surface area contributed by atoms with Crippen LogP contribution in [0.2, 0.25) is 0 Å². The molecule has 0 aliphatic carbocycles. The number of carbonyl (C=O) groups excluding carboxylic acids is 1. The third-order valence-corrected chi connectivity index (χ3v) is 3.13. The van der Waals surface area contributed by atoms with Gasteiger partial charge in [-0.25, -0.2) is 0 Å². The zero-order chi connectivity index (χ0) is 13.3. The highest BCUT2D eigenvalue weighted by Gasteiger charge is 2.23. The molecular formula is C12H16BNO4.